The van der Waals surface area contributed by atoms with E-state index in [1.165, 1.54) is 19.1 Å². The van der Waals surface area contributed by atoms with Crippen LogP contribution in [0.4, 0.5) is 10.1 Å². The zero-order valence-corrected chi connectivity index (χ0v) is 16.5. The third-order valence-electron chi connectivity index (χ3n) is 4.01. The maximum absolute atomic E-state index is 13.1. The number of carbonyl (C=O) groups is 2. The van der Waals surface area contributed by atoms with E-state index >= 15 is 0 Å². The molecule has 1 atom stereocenters. The van der Waals surface area contributed by atoms with Crippen molar-refractivity contribution in [3.63, 3.8) is 0 Å². The summed E-state index contributed by atoms with van der Waals surface area (Å²) < 4.78 is 18.4. The lowest BCUT2D eigenvalue weighted by Gasteiger charge is -2.13. The van der Waals surface area contributed by atoms with Gasteiger partial charge in [0, 0.05) is 11.3 Å². The van der Waals surface area contributed by atoms with E-state index in [1.54, 1.807) is 25.1 Å². The van der Waals surface area contributed by atoms with Gasteiger partial charge in [0.2, 0.25) is 0 Å². The van der Waals surface area contributed by atoms with E-state index < -0.39 is 18.0 Å². The molecular weight excluding hydrogens is 379 g/mol. The minimum atomic E-state index is -0.969. The highest BCUT2D eigenvalue weighted by atomic mass is 32.1. The van der Waals surface area contributed by atoms with Crippen molar-refractivity contribution in [2.24, 2.45) is 0 Å². The minimum absolute atomic E-state index is 0.314. The second-order valence-electron chi connectivity index (χ2n) is 6.35. The average molecular weight is 398 g/mol. The van der Waals surface area contributed by atoms with Gasteiger partial charge in [-0.05, 0) is 62.7 Å². The van der Waals surface area contributed by atoms with E-state index in [-0.39, 0.29) is 5.82 Å². The molecule has 0 saturated carbocycles. The number of halogens is 1. The van der Waals surface area contributed by atoms with Crippen LogP contribution in [0.5, 0.6) is 0 Å². The van der Waals surface area contributed by atoms with Gasteiger partial charge in [-0.25, -0.2) is 14.2 Å². The van der Waals surface area contributed by atoms with Gasteiger partial charge < -0.3 is 10.1 Å². The summed E-state index contributed by atoms with van der Waals surface area (Å²) in [6.45, 7) is 5.13. The highest BCUT2D eigenvalue weighted by Gasteiger charge is 2.23. The summed E-state index contributed by atoms with van der Waals surface area (Å²) in [6, 6.07) is 13.2. The summed E-state index contributed by atoms with van der Waals surface area (Å²) in [5.41, 5.74) is 2.86. The smallest absolute Gasteiger partial charge is 0.351 e. The van der Waals surface area contributed by atoms with Gasteiger partial charge in [0.25, 0.3) is 5.91 Å². The van der Waals surface area contributed by atoms with Gasteiger partial charge in [0.15, 0.2) is 6.10 Å². The number of nitrogens with one attached hydrogen (secondary N) is 1. The van der Waals surface area contributed by atoms with E-state index in [2.05, 4.69) is 10.3 Å². The fourth-order valence-electron chi connectivity index (χ4n) is 2.54. The first-order chi connectivity index (χ1) is 13.3. The highest BCUT2D eigenvalue weighted by molar-refractivity contribution is 7.17. The summed E-state index contributed by atoms with van der Waals surface area (Å²) >= 11 is 1.15. The molecule has 0 spiro atoms. The molecule has 0 aliphatic rings. The maximum atomic E-state index is 13.1. The van der Waals surface area contributed by atoms with Crippen molar-refractivity contribution in [2.75, 3.05) is 5.32 Å². The topological polar surface area (TPSA) is 68.3 Å². The molecule has 1 N–H and O–H groups in total. The normalized spacial score (nSPS) is 11.7. The largest absolute Gasteiger partial charge is 0.448 e. The van der Waals surface area contributed by atoms with Gasteiger partial charge in [-0.2, -0.15) is 0 Å². The zero-order chi connectivity index (χ0) is 20.3. The molecule has 1 amide bonds. The molecule has 0 unspecified atom stereocenters. The Hall–Kier alpha value is -3.06. The monoisotopic (exact) mass is 398 g/mol. The third kappa shape index (κ3) is 4.61. The molecular formula is C21H19FN2O3S. The zero-order valence-electron chi connectivity index (χ0n) is 15.7. The molecule has 1 aromatic heterocycles. The number of thiazole rings is 1. The van der Waals surface area contributed by atoms with Gasteiger partial charge in [0.1, 0.15) is 15.7 Å². The Morgan fingerprint density at radius 1 is 1.14 bits per heavy atom. The molecule has 3 aromatic rings. The van der Waals surface area contributed by atoms with Crippen molar-refractivity contribution in [3.05, 3.63) is 70.5 Å². The van der Waals surface area contributed by atoms with E-state index in [0.717, 1.165) is 16.9 Å². The van der Waals surface area contributed by atoms with Crippen LogP contribution in [0.1, 0.15) is 27.9 Å². The number of hydrogen-bond donors (Lipinski definition) is 1. The van der Waals surface area contributed by atoms with E-state index in [4.69, 9.17) is 4.74 Å². The van der Waals surface area contributed by atoms with Gasteiger partial charge in [0.05, 0.1) is 5.69 Å². The van der Waals surface area contributed by atoms with Crippen LogP contribution in [0.15, 0.2) is 48.5 Å². The Balaban J connectivity index is 1.68. The standard InChI is InChI=1S/C21H19FN2O3S/c1-12-5-4-6-17(11-12)24-19(25)14(3)27-21(26)18-13(2)23-20(28-18)15-7-9-16(22)10-8-15/h4-11,14H,1-3H3,(H,24,25)/t14-/m0/s1. The number of carbonyl (C=O) groups excluding carboxylic acids is 2. The predicted octanol–water partition coefficient (Wildman–Crippen LogP) is 4.75. The van der Waals surface area contributed by atoms with Crippen LogP contribution >= 0.6 is 11.3 Å². The fraction of sp³-hybridized carbons (Fsp3) is 0.190. The van der Waals surface area contributed by atoms with E-state index in [1.807, 2.05) is 25.1 Å². The summed E-state index contributed by atoms with van der Waals surface area (Å²) in [7, 11) is 0. The second-order valence-corrected chi connectivity index (χ2v) is 7.35. The number of ether oxygens (including phenoxy) is 1. The molecule has 0 aliphatic carbocycles. The lowest BCUT2D eigenvalue weighted by molar-refractivity contribution is -0.123. The minimum Gasteiger partial charge on any atom is -0.448 e. The molecule has 0 bridgehead atoms. The Labute approximate surface area is 166 Å². The van der Waals surface area contributed by atoms with Gasteiger partial charge in [-0.3, -0.25) is 4.79 Å². The van der Waals surface area contributed by atoms with E-state index in [0.29, 0.717) is 26.8 Å². The molecule has 0 aliphatic heterocycles. The summed E-state index contributed by atoms with van der Waals surface area (Å²) in [4.78, 5) is 29.5. The molecule has 1 heterocycles. The lowest BCUT2D eigenvalue weighted by Crippen LogP contribution is -2.30. The number of aromatic nitrogens is 1. The van der Waals surface area contributed by atoms with Crippen molar-refractivity contribution in [1.29, 1.82) is 0 Å². The van der Waals surface area contributed by atoms with Gasteiger partial charge in [-0.15, -0.1) is 11.3 Å². The number of esters is 1. The number of anilines is 1. The molecule has 2 aromatic carbocycles. The number of nitrogens with zero attached hydrogens (tertiary/aromatic N) is 1. The van der Waals surface area contributed by atoms with Crippen LogP contribution in [0.2, 0.25) is 0 Å². The first-order valence-corrected chi connectivity index (χ1v) is 9.47. The van der Waals surface area contributed by atoms with Crippen molar-refractivity contribution in [3.8, 4) is 10.6 Å². The third-order valence-corrected chi connectivity index (χ3v) is 5.20. The molecule has 144 valence electrons. The van der Waals surface area contributed by atoms with Crippen LogP contribution in [-0.4, -0.2) is 23.0 Å². The maximum Gasteiger partial charge on any atom is 0.351 e. The van der Waals surface area contributed by atoms with Crippen LogP contribution in [0.3, 0.4) is 0 Å². The number of amides is 1. The van der Waals surface area contributed by atoms with Crippen molar-refractivity contribution >= 4 is 28.9 Å². The van der Waals surface area contributed by atoms with E-state index in [9.17, 15) is 14.0 Å². The highest BCUT2D eigenvalue weighted by Crippen LogP contribution is 2.28. The number of hydrogen-bond acceptors (Lipinski definition) is 5. The van der Waals surface area contributed by atoms with Gasteiger partial charge in [-0.1, -0.05) is 12.1 Å². The van der Waals surface area contributed by atoms with Crippen molar-refractivity contribution in [1.82, 2.24) is 4.98 Å². The number of rotatable bonds is 5. The Morgan fingerprint density at radius 3 is 2.54 bits per heavy atom. The first kappa shape index (κ1) is 19.7. The van der Waals surface area contributed by atoms with Crippen LogP contribution in [0, 0.1) is 19.7 Å². The van der Waals surface area contributed by atoms with Crippen LogP contribution in [0.25, 0.3) is 10.6 Å². The Morgan fingerprint density at radius 2 is 1.86 bits per heavy atom. The number of benzene rings is 2. The average Bonchev–Trinajstić information content (AvgIpc) is 3.04. The Kier molecular flexibility index (Phi) is 5.84. The molecule has 0 fully saturated rings. The molecule has 7 heteroatoms. The summed E-state index contributed by atoms with van der Waals surface area (Å²) in [6.07, 6.45) is -0.969. The summed E-state index contributed by atoms with van der Waals surface area (Å²) in [5, 5.41) is 3.31. The molecule has 3 rings (SSSR count). The fourth-order valence-corrected chi connectivity index (χ4v) is 3.49. The second kappa shape index (κ2) is 8.31. The SMILES string of the molecule is Cc1cccc(NC(=O)[C@H](C)OC(=O)c2sc(-c3ccc(F)cc3)nc2C)c1. The van der Waals surface area contributed by atoms with Crippen LogP contribution < -0.4 is 5.32 Å². The van der Waals surface area contributed by atoms with Crippen molar-refractivity contribution in [2.45, 2.75) is 26.9 Å². The summed E-state index contributed by atoms with van der Waals surface area (Å²) in [5.74, 6) is -1.37. The van der Waals surface area contributed by atoms with Gasteiger partial charge >= 0.3 is 5.97 Å². The number of aryl methyl sites for hydroxylation is 2. The first-order valence-electron chi connectivity index (χ1n) is 8.65. The van der Waals surface area contributed by atoms with Crippen LogP contribution in [-0.2, 0) is 9.53 Å². The predicted molar refractivity (Wildman–Crippen MR) is 107 cm³/mol. The molecule has 0 radical (unpaired) electrons. The molecule has 0 saturated heterocycles. The lowest BCUT2D eigenvalue weighted by atomic mass is 10.2. The molecule has 5 nitrogen and oxygen atoms in total. The Bertz CT molecular complexity index is 1010. The molecule has 28 heavy (non-hydrogen) atoms. The van der Waals surface area contributed by atoms with Crippen molar-refractivity contribution < 1.29 is 18.7 Å². The quantitative estimate of drug-likeness (QED) is 0.630.